The maximum absolute atomic E-state index is 12.3. The number of carbonyl (C=O) groups excluding carboxylic acids is 1. The highest BCUT2D eigenvalue weighted by Gasteiger charge is 2.30. The number of H-pyrrole nitrogens is 1. The number of ether oxygens (including phenoxy) is 2. The van der Waals surface area contributed by atoms with Gasteiger partial charge < -0.3 is 19.4 Å². The number of imidazole rings is 1. The first kappa shape index (κ1) is 15.5. The average molecular weight is 308 g/mol. The van der Waals surface area contributed by atoms with Gasteiger partial charge in [-0.3, -0.25) is 9.69 Å². The van der Waals surface area contributed by atoms with Gasteiger partial charge in [0.2, 0.25) is 5.91 Å². The van der Waals surface area contributed by atoms with Gasteiger partial charge in [-0.2, -0.15) is 0 Å². The van der Waals surface area contributed by atoms with Crippen LogP contribution in [0.5, 0.6) is 0 Å². The summed E-state index contributed by atoms with van der Waals surface area (Å²) in [6.45, 7) is 3.67. The van der Waals surface area contributed by atoms with Gasteiger partial charge >= 0.3 is 0 Å². The lowest BCUT2D eigenvalue weighted by molar-refractivity contribution is -0.140. The number of nitrogens with one attached hydrogen (secondary N) is 1. The van der Waals surface area contributed by atoms with Crippen LogP contribution >= 0.6 is 0 Å². The van der Waals surface area contributed by atoms with Crippen molar-refractivity contribution in [1.82, 2.24) is 19.8 Å². The monoisotopic (exact) mass is 308 g/mol. The van der Waals surface area contributed by atoms with Crippen molar-refractivity contribution in [3.8, 4) is 0 Å². The van der Waals surface area contributed by atoms with Gasteiger partial charge in [0.25, 0.3) is 0 Å². The normalized spacial score (nSPS) is 26.5. The molecular formula is C15H24N4O3. The number of aromatic nitrogens is 2. The van der Waals surface area contributed by atoms with E-state index in [1.165, 1.54) is 0 Å². The molecule has 0 saturated carbocycles. The molecule has 22 heavy (non-hydrogen) atoms. The van der Waals surface area contributed by atoms with Crippen molar-refractivity contribution in [2.24, 2.45) is 0 Å². The van der Waals surface area contributed by atoms with Gasteiger partial charge in [-0.25, -0.2) is 4.98 Å². The van der Waals surface area contributed by atoms with E-state index in [0.29, 0.717) is 13.2 Å². The number of aromatic amines is 1. The van der Waals surface area contributed by atoms with Crippen molar-refractivity contribution < 1.29 is 14.3 Å². The van der Waals surface area contributed by atoms with E-state index in [2.05, 4.69) is 21.9 Å². The summed E-state index contributed by atoms with van der Waals surface area (Å²) in [5.41, 5.74) is 0. The molecule has 1 N–H and O–H groups in total. The Kier molecular flexibility index (Phi) is 5.07. The SMILES string of the molecule is CN1CCN(C(=O)COC[C@H]2CCCO2)C[C@H]1c1ncc[nH]1. The molecule has 3 rings (SSSR count). The molecule has 2 saturated heterocycles. The summed E-state index contributed by atoms with van der Waals surface area (Å²) < 4.78 is 11.0. The number of hydrogen-bond donors (Lipinski definition) is 1. The third-order valence-corrected chi connectivity index (χ3v) is 4.39. The Balaban J connectivity index is 1.47. The van der Waals surface area contributed by atoms with E-state index in [-0.39, 0.29) is 24.7 Å². The molecule has 1 aromatic rings. The fourth-order valence-electron chi connectivity index (χ4n) is 3.00. The molecule has 2 fully saturated rings. The Morgan fingerprint density at radius 3 is 3.18 bits per heavy atom. The van der Waals surface area contributed by atoms with Gasteiger partial charge in [0.05, 0.1) is 18.8 Å². The Labute approximate surface area is 130 Å². The summed E-state index contributed by atoms with van der Waals surface area (Å²) in [6, 6.07) is 0.117. The van der Waals surface area contributed by atoms with Crippen LogP contribution in [0.1, 0.15) is 24.7 Å². The zero-order valence-corrected chi connectivity index (χ0v) is 13.0. The summed E-state index contributed by atoms with van der Waals surface area (Å²) in [4.78, 5) is 23.8. The lowest BCUT2D eigenvalue weighted by Gasteiger charge is -2.38. The quantitative estimate of drug-likeness (QED) is 0.854. The third-order valence-electron chi connectivity index (χ3n) is 4.39. The van der Waals surface area contributed by atoms with E-state index in [9.17, 15) is 4.79 Å². The molecule has 0 spiro atoms. The Morgan fingerprint density at radius 2 is 2.45 bits per heavy atom. The second kappa shape index (κ2) is 7.21. The first-order valence-electron chi connectivity index (χ1n) is 7.90. The molecule has 1 aromatic heterocycles. The molecule has 3 heterocycles. The predicted octanol–water partition coefficient (Wildman–Crippen LogP) is 0.420. The average Bonchev–Trinajstić information content (AvgIpc) is 3.21. The van der Waals surface area contributed by atoms with Gasteiger partial charge in [-0.05, 0) is 19.9 Å². The zero-order valence-electron chi connectivity index (χ0n) is 13.0. The van der Waals surface area contributed by atoms with Crippen LogP contribution in [-0.2, 0) is 14.3 Å². The first-order valence-corrected chi connectivity index (χ1v) is 7.90. The summed E-state index contributed by atoms with van der Waals surface area (Å²) in [6.07, 6.45) is 5.84. The van der Waals surface area contributed by atoms with E-state index in [1.54, 1.807) is 6.20 Å². The summed E-state index contributed by atoms with van der Waals surface area (Å²) in [7, 11) is 2.06. The largest absolute Gasteiger partial charge is 0.376 e. The number of carbonyl (C=O) groups is 1. The number of amides is 1. The topological polar surface area (TPSA) is 70.7 Å². The highest BCUT2D eigenvalue weighted by atomic mass is 16.5. The molecule has 2 atom stereocenters. The van der Waals surface area contributed by atoms with Crippen molar-refractivity contribution in [3.63, 3.8) is 0 Å². The second-order valence-corrected chi connectivity index (χ2v) is 5.96. The lowest BCUT2D eigenvalue weighted by Crippen LogP contribution is -2.50. The predicted molar refractivity (Wildman–Crippen MR) is 80.3 cm³/mol. The number of rotatable bonds is 5. The number of nitrogens with zero attached hydrogens (tertiary/aromatic N) is 3. The Morgan fingerprint density at radius 1 is 1.55 bits per heavy atom. The van der Waals surface area contributed by atoms with Crippen molar-refractivity contribution >= 4 is 5.91 Å². The van der Waals surface area contributed by atoms with Crippen LogP contribution < -0.4 is 0 Å². The molecule has 0 radical (unpaired) electrons. The summed E-state index contributed by atoms with van der Waals surface area (Å²) in [5, 5.41) is 0. The van der Waals surface area contributed by atoms with Crippen LogP contribution in [0.2, 0.25) is 0 Å². The van der Waals surface area contributed by atoms with Gasteiger partial charge in [-0.1, -0.05) is 0 Å². The minimum atomic E-state index is 0.0441. The summed E-state index contributed by atoms with van der Waals surface area (Å²) >= 11 is 0. The number of likely N-dealkylation sites (N-methyl/N-ethyl adjacent to an activating group) is 1. The van der Waals surface area contributed by atoms with Crippen molar-refractivity contribution in [1.29, 1.82) is 0 Å². The fourth-order valence-corrected chi connectivity index (χ4v) is 3.00. The minimum Gasteiger partial charge on any atom is -0.376 e. The maximum Gasteiger partial charge on any atom is 0.248 e. The molecule has 0 bridgehead atoms. The van der Waals surface area contributed by atoms with E-state index in [4.69, 9.17) is 9.47 Å². The molecule has 0 unspecified atom stereocenters. The molecule has 7 nitrogen and oxygen atoms in total. The molecule has 7 heteroatoms. The fraction of sp³-hybridized carbons (Fsp3) is 0.733. The summed E-state index contributed by atoms with van der Waals surface area (Å²) in [5.74, 6) is 0.947. The van der Waals surface area contributed by atoms with E-state index >= 15 is 0 Å². The van der Waals surface area contributed by atoms with Crippen LogP contribution in [0, 0.1) is 0 Å². The van der Waals surface area contributed by atoms with E-state index < -0.39 is 0 Å². The molecule has 2 aliphatic rings. The molecule has 0 aliphatic carbocycles. The second-order valence-electron chi connectivity index (χ2n) is 5.96. The van der Waals surface area contributed by atoms with Gasteiger partial charge in [0, 0.05) is 38.6 Å². The third kappa shape index (κ3) is 3.66. The Bertz CT molecular complexity index is 473. The van der Waals surface area contributed by atoms with Gasteiger partial charge in [0.1, 0.15) is 12.4 Å². The van der Waals surface area contributed by atoms with Crippen LogP contribution in [0.3, 0.4) is 0 Å². The molecule has 0 aromatic carbocycles. The highest BCUT2D eigenvalue weighted by molar-refractivity contribution is 5.77. The standard InChI is InChI=1S/C15H24N4O3/c1-18-6-7-19(9-13(18)15-16-4-5-17-15)14(20)11-21-10-12-3-2-8-22-12/h4-5,12-13H,2-3,6-11H2,1H3,(H,16,17)/t12-,13+/m1/s1. The van der Waals surface area contributed by atoms with Crippen LogP contribution in [0.15, 0.2) is 12.4 Å². The van der Waals surface area contributed by atoms with Crippen molar-refractivity contribution in [2.45, 2.75) is 25.0 Å². The molecule has 1 amide bonds. The van der Waals surface area contributed by atoms with Crippen LogP contribution in [0.4, 0.5) is 0 Å². The number of hydrogen-bond acceptors (Lipinski definition) is 5. The van der Waals surface area contributed by atoms with Crippen molar-refractivity contribution in [2.75, 3.05) is 46.5 Å². The molecule has 2 aliphatic heterocycles. The van der Waals surface area contributed by atoms with Gasteiger partial charge in [0.15, 0.2) is 0 Å². The van der Waals surface area contributed by atoms with Crippen LogP contribution in [0.25, 0.3) is 0 Å². The molecular weight excluding hydrogens is 284 g/mol. The maximum atomic E-state index is 12.3. The number of piperazine rings is 1. The minimum absolute atomic E-state index is 0.0441. The van der Waals surface area contributed by atoms with Crippen molar-refractivity contribution in [3.05, 3.63) is 18.2 Å². The zero-order chi connectivity index (χ0) is 15.4. The van der Waals surface area contributed by atoms with Crippen LogP contribution in [-0.4, -0.2) is 78.3 Å². The van der Waals surface area contributed by atoms with E-state index in [0.717, 1.165) is 38.4 Å². The highest BCUT2D eigenvalue weighted by Crippen LogP contribution is 2.21. The Hall–Kier alpha value is -1.44. The lowest BCUT2D eigenvalue weighted by atomic mass is 10.1. The smallest absolute Gasteiger partial charge is 0.248 e. The molecule has 122 valence electrons. The first-order chi connectivity index (χ1) is 10.7. The van der Waals surface area contributed by atoms with E-state index in [1.807, 2.05) is 11.1 Å². The van der Waals surface area contributed by atoms with Gasteiger partial charge in [-0.15, -0.1) is 0 Å².